The number of rotatable bonds is 8. The monoisotopic (exact) mass is 480 g/mol. The summed E-state index contributed by atoms with van der Waals surface area (Å²) in [7, 11) is 0. The van der Waals surface area contributed by atoms with Crippen LogP contribution in [0.5, 0.6) is 0 Å². The molecule has 2 N–H and O–H groups in total. The van der Waals surface area contributed by atoms with Gasteiger partial charge in [-0.2, -0.15) is 0 Å². The van der Waals surface area contributed by atoms with E-state index in [2.05, 4.69) is 20.6 Å². The molecule has 0 saturated heterocycles. The summed E-state index contributed by atoms with van der Waals surface area (Å²) in [4.78, 5) is 34.0. The summed E-state index contributed by atoms with van der Waals surface area (Å²) in [5.41, 5.74) is 4.04. The van der Waals surface area contributed by atoms with Crippen LogP contribution in [0.3, 0.4) is 0 Å². The van der Waals surface area contributed by atoms with E-state index in [0.717, 1.165) is 16.9 Å². The summed E-state index contributed by atoms with van der Waals surface area (Å²) in [6.07, 6.45) is 0. The van der Waals surface area contributed by atoms with Crippen LogP contribution in [0.2, 0.25) is 0 Å². The van der Waals surface area contributed by atoms with Gasteiger partial charge in [-0.15, -0.1) is 0 Å². The third-order valence-electron chi connectivity index (χ3n) is 5.23. The highest BCUT2D eigenvalue weighted by atomic mass is 16.5. The van der Waals surface area contributed by atoms with Crippen molar-refractivity contribution in [2.45, 2.75) is 20.8 Å². The maximum atomic E-state index is 12.9. The Morgan fingerprint density at radius 3 is 2.31 bits per heavy atom. The third-order valence-corrected chi connectivity index (χ3v) is 5.23. The van der Waals surface area contributed by atoms with Crippen LogP contribution in [0.1, 0.15) is 40.4 Å². The Hall–Kier alpha value is -4.52. The molecule has 0 aliphatic carbocycles. The summed E-state index contributed by atoms with van der Waals surface area (Å²) < 4.78 is 5.24. The second-order valence-corrected chi connectivity index (χ2v) is 8.78. The van der Waals surface area contributed by atoms with Crippen LogP contribution in [-0.2, 0) is 4.74 Å². The van der Waals surface area contributed by atoms with Crippen LogP contribution in [0.15, 0.2) is 84.9 Å². The van der Waals surface area contributed by atoms with Gasteiger partial charge in [0.25, 0.3) is 5.91 Å². The van der Waals surface area contributed by atoms with Crippen LogP contribution in [0.4, 0.5) is 17.2 Å². The van der Waals surface area contributed by atoms with Crippen molar-refractivity contribution >= 4 is 29.1 Å². The van der Waals surface area contributed by atoms with Gasteiger partial charge in [0.05, 0.1) is 17.9 Å². The number of esters is 1. The normalized spacial score (nSPS) is 10.7. The molecule has 36 heavy (non-hydrogen) atoms. The number of amides is 1. The molecule has 0 spiro atoms. The number of hydrogen-bond acceptors (Lipinski definition) is 6. The molecule has 4 rings (SSSR count). The van der Waals surface area contributed by atoms with Crippen molar-refractivity contribution in [3.63, 3.8) is 0 Å². The van der Waals surface area contributed by atoms with Crippen molar-refractivity contribution in [1.29, 1.82) is 0 Å². The van der Waals surface area contributed by atoms with Gasteiger partial charge in [0.15, 0.2) is 0 Å². The average molecular weight is 481 g/mol. The van der Waals surface area contributed by atoms with Crippen molar-refractivity contribution in [1.82, 2.24) is 9.97 Å². The summed E-state index contributed by atoms with van der Waals surface area (Å²) in [6, 6.07) is 25.6. The Morgan fingerprint density at radius 1 is 0.833 bits per heavy atom. The zero-order valence-corrected chi connectivity index (χ0v) is 20.5. The zero-order valence-electron chi connectivity index (χ0n) is 20.5. The first-order valence-electron chi connectivity index (χ1n) is 11.7. The van der Waals surface area contributed by atoms with Crippen molar-refractivity contribution in [3.05, 3.63) is 102 Å². The van der Waals surface area contributed by atoms with Gasteiger partial charge in [0, 0.05) is 28.6 Å². The summed E-state index contributed by atoms with van der Waals surface area (Å²) in [6.45, 7) is 6.17. The molecule has 182 valence electrons. The number of carbonyl (C=O) groups excluding carboxylic acids is 2. The molecule has 3 aromatic carbocycles. The highest BCUT2D eigenvalue weighted by Crippen LogP contribution is 2.23. The van der Waals surface area contributed by atoms with Crippen LogP contribution in [0.25, 0.3) is 11.3 Å². The first kappa shape index (κ1) is 24.6. The molecule has 7 nitrogen and oxygen atoms in total. The molecule has 0 aliphatic heterocycles. The number of nitrogens with one attached hydrogen (secondary N) is 2. The van der Waals surface area contributed by atoms with E-state index in [-0.39, 0.29) is 17.8 Å². The van der Waals surface area contributed by atoms with Gasteiger partial charge in [-0.05, 0) is 55.3 Å². The quantitative estimate of drug-likeness (QED) is 0.289. The fourth-order valence-corrected chi connectivity index (χ4v) is 3.49. The van der Waals surface area contributed by atoms with Gasteiger partial charge in [-0.25, -0.2) is 14.8 Å². The van der Waals surface area contributed by atoms with Gasteiger partial charge >= 0.3 is 5.97 Å². The molecule has 1 aromatic heterocycles. The molecule has 7 heteroatoms. The SMILES string of the molecule is Cc1nc(Nc2cccc(C(=O)Nc3ccc(C(=O)OCC(C)C)cc3)c2)cc(-c2ccccc2)n1. The number of anilines is 3. The second kappa shape index (κ2) is 11.3. The molecule has 1 heterocycles. The first-order chi connectivity index (χ1) is 17.4. The van der Waals surface area contributed by atoms with E-state index in [4.69, 9.17) is 4.74 Å². The van der Waals surface area contributed by atoms with Gasteiger partial charge in [0.2, 0.25) is 0 Å². The summed E-state index contributed by atoms with van der Waals surface area (Å²) >= 11 is 0. The van der Waals surface area contributed by atoms with Crippen LogP contribution >= 0.6 is 0 Å². The molecular formula is C29H28N4O3. The highest BCUT2D eigenvalue weighted by Gasteiger charge is 2.11. The Balaban J connectivity index is 1.44. The van der Waals surface area contributed by atoms with Crippen LogP contribution in [0, 0.1) is 12.8 Å². The van der Waals surface area contributed by atoms with E-state index >= 15 is 0 Å². The van der Waals surface area contributed by atoms with E-state index in [1.54, 1.807) is 42.5 Å². The fraction of sp³-hybridized carbons (Fsp3) is 0.172. The molecule has 0 bridgehead atoms. The molecule has 0 saturated carbocycles. The maximum Gasteiger partial charge on any atom is 0.338 e. The van der Waals surface area contributed by atoms with Crippen molar-refractivity contribution < 1.29 is 14.3 Å². The Bertz CT molecular complexity index is 1350. The van der Waals surface area contributed by atoms with Gasteiger partial charge in [-0.1, -0.05) is 50.2 Å². The molecule has 0 atom stereocenters. The van der Waals surface area contributed by atoms with Crippen LogP contribution < -0.4 is 10.6 Å². The Morgan fingerprint density at radius 2 is 1.58 bits per heavy atom. The van der Waals surface area contributed by atoms with E-state index in [1.807, 2.05) is 63.2 Å². The predicted octanol–water partition coefficient (Wildman–Crippen LogP) is 6.26. The lowest BCUT2D eigenvalue weighted by Crippen LogP contribution is -2.13. The maximum absolute atomic E-state index is 12.9. The lowest BCUT2D eigenvalue weighted by Gasteiger charge is -2.11. The molecular weight excluding hydrogens is 452 g/mol. The number of aromatic nitrogens is 2. The Kier molecular flexibility index (Phi) is 7.70. The van der Waals surface area contributed by atoms with Crippen molar-refractivity contribution in [2.75, 3.05) is 17.2 Å². The molecule has 1 amide bonds. The number of nitrogens with zero attached hydrogens (tertiary/aromatic N) is 2. The van der Waals surface area contributed by atoms with Crippen molar-refractivity contribution in [3.8, 4) is 11.3 Å². The minimum atomic E-state index is -0.379. The minimum Gasteiger partial charge on any atom is -0.462 e. The molecule has 0 aliphatic rings. The van der Waals surface area contributed by atoms with Crippen molar-refractivity contribution in [2.24, 2.45) is 5.92 Å². The smallest absolute Gasteiger partial charge is 0.338 e. The second-order valence-electron chi connectivity index (χ2n) is 8.78. The summed E-state index contributed by atoms with van der Waals surface area (Å²) in [5.74, 6) is 0.901. The van der Waals surface area contributed by atoms with Gasteiger partial charge in [-0.3, -0.25) is 4.79 Å². The number of hydrogen-bond donors (Lipinski definition) is 2. The third kappa shape index (κ3) is 6.54. The van der Waals surface area contributed by atoms with E-state index in [0.29, 0.717) is 35.1 Å². The zero-order chi connectivity index (χ0) is 25.5. The van der Waals surface area contributed by atoms with E-state index < -0.39 is 0 Å². The van der Waals surface area contributed by atoms with Gasteiger partial charge in [0.1, 0.15) is 11.6 Å². The number of ether oxygens (including phenoxy) is 1. The lowest BCUT2D eigenvalue weighted by atomic mass is 10.1. The fourth-order valence-electron chi connectivity index (χ4n) is 3.49. The summed E-state index contributed by atoms with van der Waals surface area (Å²) in [5, 5.41) is 6.13. The molecule has 0 fully saturated rings. The number of aryl methyl sites for hydroxylation is 1. The standard InChI is InChI=1S/C29H28N4O3/c1-19(2)18-36-29(35)22-12-14-24(15-13-22)33-28(34)23-10-7-11-25(16-23)32-27-17-26(30-20(3)31-27)21-8-5-4-6-9-21/h4-17,19H,18H2,1-3H3,(H,33,34)(H,30,31,32). The Labute approximate surface area is 210 Å². The van der Waals surface area contributed by atoms with E-state index in [1.165, 1.54) is 0 Å². The number of carbonyl (C=O) groups is 2. The largest absolute Gasteiger partial charge is 0.462 e. The lowest BCUT2D eigenvalue weighted by molar-refractivity contribution is 0.0459. The van der Waals surface area contributed by atoms with Gasteiger partial charge < -0.3 is 15.4 Å². The number of benzene rings is 3. The topological polar surface area (TPSA) is 93.2 Å². The highest BCUT2D eigenvalue weighted by molar-refractivity contribution is 6.05. The molecule has 0 radical (unpaired) electrons. The average Bonchev–Trinajstić information content (AvgIpc) is 2.88. The predicted molar refractivity (Wildman–Crippen MR) is 141 cm³/mol. The molecule has 0 unspecified atom stereocenters. The molecule has 4 aromatic rings. The minimum absolute atomic E-state index is 0.266. The van der Waals surface area contributed by atoms with E-state index in [9.17, 15) is 9.59 Å². The van der Waals surface area contributed by atoms with Crippen LogP contribution in [-0.4, -0.2) is 28.5 Å². The first-order valence-corrected chi connectivity index (χ1v) is 11.7.